The van der Waals surface area contributed by atoms with Gasteiger partial charge in [0.25, 0.3) is 5.91 Å². The first kappa shape index (κ1) is 15.8. The van der Waals surface area contributed by atoms with Crippen LogP contribution in [0.4, 0.5) is 0 Å². The van der Waals surface area contributed by atoms with E-state index in [4.69, 9.17) is 4.74 Å². The van der Waals surface area contributed by atoms with Gasteiger partial charge in [-0.15, -0.1) is 0 Å². The van der Waals surface area contributed by atoms with Crippen LogP contribution in [0.2, 0.25) is 0 Å². The summed E-state index contributed by atoms with van der Waals surface area (Å²) in [6.07, 6.45) is 5.29. The highest BCUT2D eigenvalue weighted by molar-refractivity contribution is 5.97. The molecule has 1 fully saturated rings. The summed E-state index contributed by atoms with van der Waals surface area (Å²) in [5, 5.41) is 6.42. The minimum atomic E-state index is -0.0773. The fraction of sp³-hybridized carbons (Fsp3) is 0.471. The summed E-state index contributed by atoms with van der Waals surface area (Å²) in [6.45, 7) is 3.22. The molecule has 0 radical (unpaired) electrons. The third kappa shape index (κ3) is 3.65. The highest BCUT2D eigenvalue weighted by Gasteiger charge is 2.32. The molecule has 0 bridgehead atoms. The second kappa shape index (κ2) is 7.02. The molecule has 1 aromatic heterocycles. The smallest absolute Gasteiger partial charge is 0.251 e. The summed E-state index contributed by atoms with van der Waals surface area (Å²) in [5.41, 5.74) is 2.15. The number of carbonyl (C=O) groups is 1. The van der Waals surface area contributed by atoms with Crippen LogP contribution < -0.4 is 10.6 Å². The Bertz CT molecular complexity index is 678. The number of rotatable bonds is 5. The highest BCUT2D eigenvalue weighted by atomic mass is 16.5. The molecule has 1 aliphatic rings. The van der Waals surface area contributed by atoms with Gasteiger partial charge in [-0.25, -0.2) is 0 Å². The zero-order chi connectivity index (χ0) is 16.1. The molecule has 2 aromatic rings. The van der Waals surface area contributed by atoms with Crippen LogP contribution in [0, 0.1) is 5.41 Å². The lowest BCUT2D eigenvalue weighted by molar-refractivity contribution is 0.0512. The number of hydrogen-bond acceptors (Lipinski definition) is 5. The van der Waals surface area contributed by atoms with Crippen LogP contribution >= 0.6 is 0 Å². The molecule has 3 rings (SSSR count). The maximum Gasteiger partial charge on any atom is 0.251 e. The van der Waals surface area contributed by atoms with Crippen LogP contribution in [-0.2, 0) is 4.74 Å². The standard InChI is InChI=1S/C17H22N4O2/c1-23-12-17(4-6-18-7-5-17)11-21-16(22)13-2-3-14-15(10-13)20-9-8-19-14/h2-3,8-10,18H,4-7,11-12H2,1H3,(H,21,22). The quantitative estimate of drug-likeness (QED) is 0.872. The van der Waals surface area contributed by atoms with Crippen LogP contribution in [0.25, 0.3) is 11.0 Å². The van der Waals surface area contributed by atoms with E-state index in [9.17, 15) is 4.79 Å². The number of nitrogens with zero attached hydrogens (tertiary/aromatic N) is 2. The van der Waals surface area contributed by atoms with Gasteiger partial charge >= 0.3 is 0 Å². The molecule has 2 heterocycles. The summed E-state index contributed by atoms with van der Waals surface area (Å²) in [5.74, 6) is -0.0773. The Morgan fingerprint density at radius 1 is 1.26 bits per heavy atom. The van der Waals surface area contributed by atoms with Crippen molar-refractivity contribution in [3.8, 4) is 0 Å². The Balaban J connectivity index is 1.69. The average molecular weight is 314 g/mol. The first-order valence-corrected chi connectivity index (χ1v) is 7.91. The van der Waals surface area contributed by atoms with E-state index < -0.39 is 0 Å². The molecule has 6 heteroatoms. The molecule has 1 aromatic carbocycles. The lowest BCUT2D eigenvalue weighted by atomic mass is 9.79. The van der Waals surface area contributed by atoms with Crippen molar-refractivity contribution >= 4 is 16.9 Å². The van der Waals surface area contributed by atoms with Crippen molar-refractivity contribution in [2.45, 2.75) is 12.8 Å². The van der Waals surface area contributed by atoms with Crippen molar-refractivity contribution in [2.24, 2.45) is 5.41 Å². The van der Waals surface area contributed by atoms with Gasteiger partial charge in [-0.2, -0.15) is 0 Å². The number of amides is 1. The van der Waals surface area contributed by atoms with E-state index in [0.29, 0.717) is 18.7 Å². The summed E-state index contributed by atoms with van der Waals surface area (Å²) in [6, 6.07) is 5.40. The highest BCUT2D eigenvalue weighted by Crippen LogP contribution is 2.28. The predicted octanol–water partition coefficient (Wildman–Crippen LogP) is 1.38. The number of ether oxygens (including phenoxy) is 1. The first-order chi connectivity index (χ1) is 11.2. The average Bonchev–Trinajstić information content (AvgIpc) is 2.60. The number of carbonyl (C=O) groups excluding carboxylic acids is 1. The molecule has 0 atom stereocenters. The van der Waals surface area contributed by atoms with Crippen LogP contribution in [0.3, 0.4) is 0 Å². The Morgan fingerprint density at radius 3 is 2.74 bits per heavy atom. The summed E-state index contributed by atoms with van der Waals surface area (Å²) < 4.78 is 5.38. The maximum atomic E-state index is 12.5. The molecule has 0 spiro atoms. The van der Waals surface area contributed by atoms with E-state index in [1.807, 2.05) is 6.07 Å². The third-order valence-electron chi connectivity index (χ3n) is 4.47. The van der Waals surface area contributed by atoms with Crippen molar-refractivity contribution < 1.29 is 9.53 Å². The second-order valence-electron chi connectivity index (χ2n) is 6.13. The second-order valence-corrected chi connectivity index (χ2v) is 6.13. The molecule has 0 saturated carbocycles. The number of piperidine rings is 1. The zero-order valence-electron chi connectivity index (χ0n) is 13.3. The van der Waals surface area contributed by atoms with E-state index in [1.54, 1.807) is 31.6 Å². The molecule has 1 aliphatic heterocycles. The Kier molecular flexibility index (Phi) is 4.83. The van der Waals surface area contributed by atoms with E-state index in [1.165, 1.54) is 0 Å². The van der Waals surface area contributed by atoms with Crippen LogP contribution in [-0.4, -0.2) is 49.2 Å². The summed E-state index contributed by atoms with van der Waals surface area (Å²) >= 11 is 0. The molecule has 2 N–H and O–H groups in total. The van der Waals surface area contributed by atoms with E-state index in [2.05, 4.69) is 20.6 Å². The summed E-state index contributed by atoms with van der Waals surface area (Å²) in [4.78, 5) is 20.9. The van der Waals surface area contributed by atoms with Crippen LogP contribution in [0.5, 0.6) is 0 Å². The van der Waals surface area contributed by atoms with E-state index in [-0.39, 0.29) is 11.3 Å². The van der Waals surface area contributed by atoms with Crippen LogP contribution in [0.1, 0.15) is 23.2 Å². The normalized spacial score (nSPS) is 17.1. The molecule has 6 nitrogen and oxygen atoms in total. The monoisotopic (exact) mass is 314 g/mol. The Morgan fingerprint density at radius 2 is 2.00 bits per heavy atom. The fourth-order valence-electron chi connectivity index (χ4n) is 3.11. The van der Waals surface area contributed by atoms with Gasteiger partial charge in [0.1, 0.15) is 0 Å². The van der Waals surface area contributed by atoms with Crippen molar-refractivity contribution in [2.75, 3.05) is 33.4 Å². The maximum absolute atomic E-state index is 12.5. The largest absolute Gasteiger partial charge is 0.384 e. The summed E-state index contributed by atoms with van der Waals surface area (Å²) in [7, 11) is 1.72. The SMILES string of the molecule is COCC1(CNC(=O)c2ccc3nccnc3c2)CCNCC1. The van der Waals surface area contributed by atoms with Crippen molar-refractivity contribution in [1.82, 2.24) is 20.6 Å². The Hall–Kier alpha value is -2.05. The molecule has 122 valence electrons. The van der Waals surface area contributed by atoms with Crippen molar-refractivity contribution in [3.63, 3.8) is 0 Å². The van der Waals surface area contributed by atoms with Gasteiger partial charge in [-0.05, 0) is 44.1 Å². The molecule has 0 aliphatic carbocycles. The zero-order valence-corrected chi connectivity index (χ0v) is 13.3. The van der Waals surface area contributed by atoms with Gasteiger partial charge in [0, 0.05) is 37.0 Å². The van der Waals surface area contributed by atoms with E-state index >= 15 is 0 Å². The van der Waals surface area contributed by atoms with Gasteiger partial charge in [-0.3, -0.25) is 14.8 Å². The number of benzene rings is 1. The van der Waals surface area contributed by atoms with E-state index in [0.717, 1.165) is 37.0 Å². The number of methoxy groups -OCH3 is 1. The molecule has 23 heavy (non-hydrogen) atoms. The predicted molar refractivity (Wildman–Crippen MR) is 88.3 cm³/mol. The minimum absolute atomic E-state index is 0.0202. The fourth-order valence-corrected chi connectivity index (χ4v) is 3.11. The number of nitrogens with one attached hydrogen (secondary N) is 2. The first-order valence-electron chi connectivity index (χ1n) is 7.91. The molecule has 0 unspecified atom stereocenters. The van der Waals surface area contributed by atoms with Crippen LogP contribution in [0.15, 0.2) is 30.6 Å². The molecular weight excluding hydrogens is 292 g/mol. The lowest BCUT2D eigenvalue weighted by Gasteiger charge is -2.37. The van der Waals surface area contributed by atoms with Gasteiger partial charge in [0.15, 0.2) is 0 Å². The molecule has 1 amide bonds. The number of hydrogen-bond donors (Lipinski definition) is 2. The number of fused-ring (bicyclic) bond motifs is 1. The van der Waals surface area contributed by atoms with Crippen molar-refractivity contribution in [3.05, 3.63) is 36.2 Å². The minimum Gasteiger partial charge on any atom is -0.384 e. The van der Waals surface area contributed by atoms with Gasteiger partial charge in [0.2, 0.25) is 0 Å². The van der Waals surface area contributed by atoms with Crippen molar-refractivity contribution in [1.29, 1.82) is 0 Å². The lowest BCUT2D eigenvalue weighted by Crippen LogP contribution is -2.47. The molecular formula is C17H22N4O2. The number of aromatic nitrogens is 2. The topological polar surface area (TPSA) is 76.1 Å². The van der Waals surface area contributed by atoms with Gasteiger partial charge in [0.05, 0.1) is 17.6 Å². The van der Waals surface area contributed by atoms with Gasteiger partial charge < -0.3 is 15.4 Å². The third-order valence-corrected chi connectivity index (χ3v) is 4.47. The van der Waals surface area contributed by atoms with Gasteiger partial charge in [-0.1, -0.05) is 0 Å². The Labute approximate surface area is 135 Å². The molecule has 1 saturated heterocycles.